The highest BCUT2D eigenvalue weighted by Crippen LogP contribution is 2.28. The lowest BCUT2D eigenvalue weighted by Gasteiger charge is -2.12. The highest BCUT2D eigenvalue weighted by molar-refractivity contribution is 7.14. The van der Waals surface area contributed by atoms with E-state index in [1.807, 2.05) is 37.0 Å². The van der Waals surface area contributed by atoms with Crippen molar-refractivity contribution in [1.29, 1.82) is 0 Å². The van der Waals surface area contributed by atoms with Crippen LogP contribution in [0.15, 0.2) is 35.2 Å². The summed E-state index contributed by atoms with van der Waals surface area (Å²) in [6, 6.07) is 6.10. The first kappa shape index (κ1) is 21.3. The number of nitrogens with one attached hydrogen (secondary N) is 1. The van der Waals surface area contributed by atoms with Crippen LogP contribution in [0.25, 0.3) is 11.3 Å². The molecule has 8 heteroatoms. The van der Waals surface area contributed by atoms with Gasteiger partial charge in [-0.2, -0.15) is 5.10 Å². The molecule has 0 aliphatic rings. The molecule has 0 saturated heterocycles. The summed E-state index contributed by atoms with van der Waals surface area (Å²) >= 11 is 2.81. The smallest absolute Gasteiger partial charge is 0.267 e. The Morgan fingerprint density at radius 3 is 2.52 bits per heavy atom. The lowest BCUT2D eigenvalue weighted by molar-refractivity contribution is 0.103. The molecule has 31 heavy (non-hydrogen) atoms. The molecule has 0 fully saturated rings. The number of aryl methyl sites for hydroxylation is 5. The van der Waals surface area contributed by atoms with Gasteiger partial charge in [0.1, 0.15) is 12.4 Å². The normalized spacial score (nSPS) is 11.0. The number of carbonyl (C=O) groups is 1. The minimum absolute atomic E-state index is 0.164. The number of amides is 1. The van der Waals surface area contributed by atoms with Crippen LogP contribution in [0.5, 0.6) is 5.75 Å². The molecule has 1 amide bonds. The summed E-state index contributed by atoms with van der Waals surface area (Å²) in [5.41, 5.74) is 7.13. The van der Waals surface area contributed by atoms with Crippen molar-refractivity contribution < 1.29 is 9.53 Å². The van der Waals surface area contributed by atoms with Gasteiger partial charge in [0.25, 0.3) is 5.91 Å². The van der Waals surface area contributed by atoms with Gasteiger partial charge >= 0.3 is 0 Å². The van der Waals surface area contributed by atoms with Gasteiger partial charge in [-0.3, -0.25) is 14.8 Å². The molecule has 4 rings (SSSR count). The van der Waals surface area contributed by atoms with E-state index in [9.17, 15) is 4.79 Å². The number of carbonyl (C=O) groups excluding carboxylic acids is 1. The first-order valence-corrected chi connectivity index (χ1v) is 11.6. The van der Waals surface area contributed by atoms with Crippen LogP contribution in [-0.4, -0.2) is 20.7 Å². The average molecular weight is 453 g/mol. The number of thiophene rings is 1. The lowest BCUT2D eigenvalue weighted by atomic mass is 10.1. The summed E-state index contributed by atoms with van der Waals surface area (Å²) < 4.78 is 7.80. The van der Waals surface area contributed by atoms with Gasteiger partial charge in [-0.15, -0.1) is 22.7 Å². The lowest BCUT2D eigenvalue weighted by Crippen LogP contribution is -2.10. The van der Waals surface area contributed by atoms with Crippen LogP contribution in [0.2, 0.25) is 0 Å². The van der Waals surface area contributed by atoms with Gasteiger partial charge in [-0.1, -0.05) is 17.7 Å². The van der Waals surface area contributed by atoms with E-state index in [1.54, 1.807) is 4.68 Å². The minimum atomic E-state index is -0.164. The topological polar surface area (TPSA) is 69.0 Å². The zero-order valence-electron chi connectivity index (χ0n) is 18.1. The van der Waals surface area contributed by atoms with Crippen LogP contribution >= 0.6 is 22.7 Å². The Bertz CT molecular complexity index is 1230. The molecule has 4 aromatic rings. The minimum Gasteiger partial charge on any atom is -0.488 e. The first-order chi connectivity index (χ1) is 14.8. The van der Waals surface area contributed by atoms with E-state index >= 15 is 0 Å². The number of aromatic nitrogens is 3. The second kappa shape index (κ2) is 8.64. The molecule has 0 spiro atoms. The molecule has 0 aliphatic carbocycles. The number of thiazole rings is 1. The average Bonchev–Trinajstić information content (AvgIpc) is 3.41. The van der Waals surface area contributed by atoms with Gasteiger partial charge in [0.15, 0.2) is 5.13 Å². The summed E-state index contributed by atoms with van der Waals surface area (Å²) in [4.78, 5) is 17.8. The second-order valence-electron chi connectivity index (χ2n) is 7.63. The highest BCUT2D eigenvalue weighted by Gasteiger charge is 2.15. The fourth-order valence-corrected chi connectivity index (χ4v) is 5.08. The molecule has 3 heterocycles. The fourth-order valence-electron chi connectivity index (χ4n) is 3.58. The van der Waals surface area contributed by atoms with Gasteiger partial charge in [0.2, 0.25) is 0 Å². The predicted octanol–water partition coefficient (Wildman–Crippen LogP) is 5.67. The van der Waals surface area contributed by atoms with Crippen molar-refractivity contribution >= 4 is 33.7 Å². The summed E-state index contributed by atoms with van der Waals surface area (Å²) in [6.07, 6.45) is 1.93. The molecule has 1 aromatic carbocycles. The molecular weight excluding hydrogens is 428 g/mol. The third-order valence-electron chi connectivity index (χ3n) is 4.88. The number of nitrogens with zero attached hydrogens (tertiary/aromatic N) is 3. The number of hydrogen-bond acceptors (Lipinski definition) is 6. The number of rotatable bonds is 6. The van der Waals surface area contributed by atoms with E-state index in [-0.39, 0.29) is 5.91 Å². The highest BCUT2D eigenvalue weighted by atomic mass is 32.1. The number of anilines is 1. The zero-order chi connectivity index (χ0) is 22.1. The maximum absolute atomic E-state index is 12.7. The number of benzene rings is 1. The Morgan fingerprint density at radius 2 is 1.84 bits per heavy atom. The van der Waals surface area contributed by atoms with Gasteiger partial charge in [-0.05, 0) is 50.3 Å². The van der Waals surface area contributed by atoms with Crippen LogP contribution in [-0.2, 0) is 13.7 Å². The quantitative estimate of drug-likeness (QED) is 0.409. The van der Waals surface area contributed by atoms with Crippen LogP contribution < -0.4 is 10.1 Å². The molecular formula is C23H24N4O2S2. The molecule has 0 saturated carbocycles. The van der Waals surface area contributed by atoms with Crippen molar-refractivity contribution in [2.75, 3.05) is 5.32 Å². The van der Waals surface area contributed by atoms with E-state index < -0.39 is 0 Å². The largest absolute Gasteiger partial charge is 0.488 e. The van der Waals surface area contributed by atoms with Gasteiger partial charge < -0.3 is 4.74 Å². The predicted molar refractivity (Wildman–Crippen MR) is 126 cm³/mol. The summed E-state index contributed by atoms with van der Waals surface area (Å²) in [7, 11) is 1.88. The molecule has 0 aliphatic heterocycles. The molecule has 160 valence electrons. The zero-order valence-corrected chi connectivity index (χ0v) is 19.8. The molecule has 0 atom stereocenters. The Hall–Kier alpha value is -2.97. The van der Waals surface area contributed by atoms with Gasteiger partial charge in [0.05, 0.1) is 16.3 Å². The molecule has 6 nitrogen and oxygen atoms in total. The van der Waals surface area contributed by atoms with Crippen LogP contribution in [0.3, 0.4) is 0 Å². The van der Waals surface area contributed by atoms with Crippen molar-refractivity contribution in [3.8, 4) is 17.0 Å². The number of hydrogen-bond donors (Lipinski definition) is 1. The third kappa shape index (κ3) is 4.70. The maximum Gasteiger partial charge on any atom is 0.267 e. The Labute approximate surface area is 189 Å². The Balaban J connectivity index is 1.40. The summed E-state index contributed by atoms with van der Waals surface area (Å²) in [6.45, 7) is 8.56. The molecule has 0 radical (unpaired) electrons. The maximum atomic E-state index is 12.7. The Kier molecular flexibility index (Phi) is 5.93. The SMILES string of the molecule is Cc1cc(C)c(OCc2csc(C(=O)Nc3nc(-c4cn(C)nc4C)cs3)c2)c(C)c1. The summed E-state index contributed by atoms with van der Waals surface area (Å²) in [5.74, 6) is 0.742. The van der Waals surface area contributed by atoms with E-state index in [4.69, 9.17) is 4.74 Å². The van der Waals surface area contributed by atoms with Crippen LogP contribution in [0, 0.1) is 27.7 Å². The molecule has 3 aromatic heterocycles. The van der Waals surface area contributed by atoms with Crippen molar-refractivity contribution in [3.63, 3.8) is 0 Å². The van der Waals surface area contributed by atoms with E-state index in [0.29, 0.717) is 16.6 Å². The van der Waals surface area contributed by atoms with Crippen LogP contribution in [0.1, 0.15) is 37.6 Å². The fraction of sp³-hybridized carbons (Fsp3) is 0.261. The monoisotopic (exact) mass is 452 g/mol. The van der Waals surface area contributed by atoms with Crippen molar-refractivity contribution in [1.82, 2.24) is 14.8 Å². The number of ether oxygens (including phenoxy) is 1. The van der Waals surface area contributed by atoms with E-state index in [0.717, 1.165) is 39.4 Å². The van der Waals surface area contributed by atoms with Gasteiger partial charge in [0, 0.05) is 29.8 Å². The first-order valence-electron chi connectivity index (χ1n) is 9.85. The second-order valence-corrected chi connectivity index (χ2v) is 9.40. The van der Waals surface area contributed by atoms with Crippen molar-refractivity contribution in [3.05, 3.63) is 68.0 Å². The molecule has 0 bridgehead atoms. The standard InChI is InChI=1S/C23H24N4O2S2/c1-13-6-14(2)21(15(3)7-13)29-10-17-8-20(30-11-17)22(28)25-23-24-19(12-31-23)18-9-27(5)26-16(18)4/h6-9,11-12H,10H2,1-5H3,(H,24,25,28). The Morgan fingerprint density at radius 1 is 1.10 bits per heavy atom. The van der Waals surface area contributed by atoms with E-state index in [2.05, 4.69) is 48.3 Å². The van der Waals surface area contributed by atoms with Gasteiger partial charge in [-0.25, -0.2) is 4.98 Å². The summed E-state index contributed by atoms with van der Waals surface area (Å²) in [5, 5.41) is 11.7. The molecule has 1 N–H and O–H groups in total. The van der Waals surface area contributed by atoms with Crippen LogP contribution in [0.4, 0.5) is 5.13 Å². The third-order valence-corrected chi connectivity index (χ3v) is 6.61. The van der Waals surface area contributed by atoms with E-state index in [1.165, 1.54) is 28.2 Å². The molecule has 0 unspecified atom stereocenters. The van der Waals surface area contributed by atoms with Crippen molar-refractivity contribution in [2.24, 2.45) is 7.05 Å². The van der Waals surface area contributed by atoms with Crippen molar-refractivity contribution in [2.45, 2.75) is 34.3 Å².